The summed E-state index contributed by atoms with van der Waals surface area (Å²) < 4.78 is 6.63. The SMILES string of the molecule is CCCCC(C(=O)Nc1ccc(Cl)cc1)n1nc(C)cc(Cc2cccc(OC)c2)c1=O. The van der Waals surface area contributed by atoms with Gasteiger partial charge in [0.2, 0.25) is 5.91 Å². The topological polar surface area (TPSA) is 73.2 Å². The van der Waals surface area contributed by atoms with Crippen molar-refractivity contribution >= 4 is 23.2 Å². The molecule has 3 aromatic rings. The number of rotatable bonds is 9. The van der Waals surface area contributed by atoms with Crippen LogP contribution in [0.5, 0.6) is 5.75 Å². The second-order valence-electron chi connectivity index (χ2n) is 7.74. The van der Waals surface area contributed by atoms with Crippen LogP contribution in [0.15, 0.2) is 59.4 Å². The molecule has 1 heterocycles. The van der Waals surface area contributed by atoms with E-state index in [9.17, 15) is 9.59 Å². The van der Waals surface area contributed by atoms with E-state index in [0.717, 1.165) is 24.2 Å². The summed E-state index contributed by atoms with van der Waals surface area (Å²) in [5.41, 5.74) is 2.59. The van der Waals surface area contributed by atoms with Gasteiger partial charge in [0.15, 0.2) is 0 Å². The molecule has 6 nitrogen and oxygen atoms in total. The number of amides is 1. The van der Waals surface area contributed by atoms with Crippen molar-refractivity contribution in [1.29, 1.82) is 0 Å². The van der Waals surface area contributed by atoms with Crippen LogP contribution in [0.3, 0.4) is 0 Å². The molecule has 0 bridgehead atoms. The summed E-state index contributed by atoms with van der Waals surface area (Å²) >= 11 is 5.94. The summed E-state index contributed by atoms with van der Waals surface area (Å²) in [4.78, 5) is 26.5. The maximum Gasteiger partial charge on any atom is 0.271 e. The number of benzene rings is 2. The van der Waals surface area contributed by atoms with E-state index in [1.165, 1.54) is 4.68 Å². The summed E-state index contributed by atoms with van der Waals surface area (Å²) in [7, 11) is 1.61. The fourth-order valence-electron chi connectivity index (χ4n) is 3.57. The number of anilines is 1. The van der Waals surface area contributed by atoms with Gasteiger partial charge in [-0.2, -0.15) is 5.10 Å². The molecule has 1 aromatic heterocycles. The average Bonchev–Trinajstić information content (AvgIpc) is 2.78. The smallest absolute Gasteiger partial charge is 0.271 e. The van der Waals surface area contributed by atoms with E-state index in [4.69, 9.17) is 16.3 Å². The quantitative estimate of drug-likeness (QED) is 0.484. The van der Waals surface area contributed by atoms with Crippen molar-refractivity contribution in [3.8, 4) is 5.75 Å². The Balaban J connectivity index is 1.94. The highest BCUT2D eigenvalue weighted by Crippen LogP contribution is 2.20. The monoisotopic (exact) mass is 453 g/mol. The van der Waals surface area contributed by atoms with E-state index in [1.54, 1.807) is 37.4 Å². The molecular weight excluding hydrogens is 426 g/mol. The van der Waals surface area contributed by atoms with Crippen molar-refractivity contribution in [3.63, 3.8) is 0 Å². The molecule has 0 aliphatic heterocycles. The number of ether oxygens (including phenoxy) is 1. The Morgan fingerprint density at radius 2 is 1.94 bits per heavy atom. The molecule has 0 spiro atoms. The van der Waals surface area contributed by atoms with E-state index in [0.29, 0.717) is 34.8 Å². The van der Waals surface area contributed by atoms with Gasteiger partial charge in [-0.1, -0.05) is 43.5 Å². The summed E-state index contributed by atoms with van der Waals surface area (Å²) in [5.74, 6) is 0.463. The van der Waals surface area contributed by atoms with Gasteiger partial charge in [-0.15, -0.1) is 0 Å². The lowest BCUT2D eigenvalue weighted by Crippen LogP contribution is -2.37. The van der Waals surface area contributed by atoms with Gasteiger partial charge in [0.1, 0.15) is 11.8 Å². The van der Waals surface area contributed by atoms with Crippen LogP contribution in [0.25, 0.3) is 0 Å². The van der Waals surface area contributed by atoms with Crippen LogP contribution in [0.4, 0.5) is 5.69 Å². The third-order valence-electron chi connectivity index (χ3n) is 5.20. The molecule has 1 atom stereocenters. The van der Waals surface area contributed by atoms with Crippen molar-refractivity contribution in [2.45, 2.75) is 45.6 Å². The van der Waals surface area contributed by atoms with Gasteiger partial charge in [0.05, 0.1) is 12.8 Å². The summed E-state index contributed by atoms with van der Waals surface area (Å²) in [6.45, 7) is 3.88. The Morgan fingerprint density at radius 3 is 2.62 bits per heavy atom. The lowest BCUT2D eigenvalue weighted by molar-refractivity contribution is -0.119. The van der Waals surface area contributed by atoms with Crippen LogP contribution in [0.1, 0.15) is 49.0 Å². The van der Waals surface area contributed by atoms with Crippen molar-refractivity contribution in [2.24, 2.45) is 0 Å². The second-order valence-corrected chi connectivity index (χ2v) is 8.18. The number of nitrogens with zero attached hydrogens (tertiary/aromatic N) is 2. The molecule has 2 aromatic carbocycles. The molecule has 32 heavy (non-hydrogen) atoms. The van der Waals surface area contributed by atoms with E-state index >= 15 is 0 Å². The highest BCUT2D eigenvalue weighted by atomic mass is 35.5. The minimum Gasteiger partial charge on any atom is -0.497 e. The summed E-state index contributed by atoms with van der Waals surface area (Å²) in [6.07, 6.45) is 2.65. The Labute approximate surface area is 193 Å². The first-order chi connectivity index (χ1) is 15.4. The standard InChI is InChI=1S/C25H28ClN3O3/c1-4-5-9-23(24(30)27-21-12-10-20(26)11-13-21)29-25(31)19(14-17(2)28-29)15-18-7-6-8-22(16-18)32-3/h6-8,10-14,16,23H,4-5,9,15H2,1-3H3,(H,27,30). The number of carbonyl (C=O) groups excluding carboxylic acids is 1. The zero-order valence-electron chi connectivity index (χ0n) is 18.6. The molecule has 0 aliphatic rings. The molecular formula is C25H28ClN3O3. The Morgan fingerprint density at radius 1 is 1.19 bits per heavy atom. The molecule has 168 valence electrons. The van der Waals surface area contributed by atoms with E-state index in [1.807, 2.05) is 31.2 Å². The molecule has 0 radical (unpaired) electrons. The average molecular weight is 454 g/mol. The lowest BCUT2D eigenvalue weighted by atomic mass is 10.0. The predicted octanol–water partition coefficient (Wildman–Crippen LogP) is 5.17. The number of unbranched alkanes of at least 4 members (excludes halogenated alkanes) is 1. The van der Waals surface area contributed by atoms with Crippen molar-refractivity contribution in [2.75, 3.05) is 12.4 Å². The molecule has 0 saturated heterocycles. The minimum absolute atomic E-state index is 0.259. The molecule has 0 fully saturated rings. The van der Waals surface area contributed by atoms with Gasteiger partial charge in [-0.25, -0.2) is 4.68 Å². The van der Waals surface area contributed by atoms with Crippen LogP contribution in [0, 0.1) is 6.92 Å². The first-order valence-electron chi connectivity index (χ1n) is 10.7. The van der Waals surface area contributed by atoms with Crippen molar-refractivity contribution < 1.29 is 9.53 Å². The highest BCUT2D eigenvalue weighted by Gasteiger charge is 2.24. The number of halogens is 1. The number of carbonyl (C=O) groups is 1. The van der Waals surface area contributed by atoms with E-state index < -0.39 is 6.04 Å². The largest absolute Gasteiger partial charge is 0.497 e. The molecule has 0 aliphatic carbocycles. The fourth-order valence-corrected chi connectivity index (χ4v) is 3.69. The van der Waals surface area contributed by atoms with Crippen LogP contribution < -0.4 is 15.6 Å². The first kappa shape index (κ1) is 23.5. The maximum absolute atomic E-state index is 13.4. The molecule has 1 N–H and O–H groups in total. The third kappa shape index (κ3) is 5.98. The minimum atomic E-state index is -0.706. The number of methoxy groups -OCH3 is 1. The molecule has 3 rings (SSSR count). The Hall–Kier alpha value is -3.12. The van der Waals surface area contributed by atoms with Crippen molar-refractivity contribution in [1.82, 2.24) is 9.78 Å². The predicted molar refractivity (Wildman–Crippen MR) is 128 cm³/mol. The maximum atomic E-state index is 13.4. The van der Waals surface area contributed by atoms with Crippen LogP contribution in [-0.4, -0.2) is 22.8 Å². The van der Waals surface area contributed by atoms with Crippen molar-refractivity contribution in [3.05, 3.63) is 86.8 Å². The van der Waals surface area contributed by atoms with Gasteiger partial charge < -0.3 is 10.1 Å². The van der Waals surface area contributed by atoms with Gasteiger partial charge in [-0.3, -0.25) is 9.59 Å². The molecule has 7 heteroatoms. The van der Waals surface area contributed by atoms with Gasteiger partial charge in [0, 0.05) is 22.7 Å². The molecule has 0 saturated carbocycles. The highest BCUT2D eigenvalue weighted by molar-refractivity contribution is 6.30. The van der Waals surface area contributed by atoms with E-state index in [2.05, 4.69) is 17.3 Å². The number of aromatic nitrogens is 2. The van der Waals surface area contributed by atoms with Gasteiger partial charge >= 0.3 is 0 Å². The number of aryl methyl sites for hydroxylation is 1. The van der Waals surface area contributed by atoms with Crippen LogP contribution in [-0.2, 0) is 11.2 Å². The zero-order chi connectivity index (χ0) is 23.1. The number of hydrogen-bond acceptors (Lipinski definition) is 4. The van der Waals surface area contributed by atoms with Crippen LogP contribution >= 0.6 is 11.6 Å². The summed E-state index contributed by atoms with van der Waals surface area (Å²) in [5, 5.41) is 7.92. The third-order valence-corrected chi connectivity index (χ3v) is 5.45. The number of nitrogens with one attached hydrogen (secondary N) is 1. The molecule has 1 amide bonds. The first-order valence-corrected chi connectivity index (χ1v) is 11.1. The van der Waals surface area contributed by atoms with Gasteiger partial charge in [0.25, 0.3) is 5.56 Å². The van der Waals surface area contributed by atoms with E-state index in [-0.39, 0.29) is 11.5 Å². The zero-order valence-corrected chi connectivity index (χ0v) is 19.4. The summed E-state index contributed by atoms with van der Waals surface area (Å²) in [6, 6.07) is 15.6. The second kappa shape index (κ2) is 11.0. The fraction of sp³-hybridized carbons (Fsp3) is 0.320. The number of hydrogen-bond donors (Lipinski definition) is 1. The lowest BCUT2D eigenvalue weighted by Gasteiger charge is -2.20. The normalized spacial score (nSPS) is 11.8. The van der Waals surface area contributed by atoms with Crippen LogP contribution in [0.2, 0.25) is 5.02 Å². The Kier molecular flexibility index (Phi) is 8.06. The molecule has 1 unspecified atom stereocenters. The van der Waals surface area contributed by atoms with Gasteiger partial charge in [-0.05, 0) is 61.4 Å². The Bertz CT molecular complexity index is 1130.